The van der Waals surface area contributed by atoms with Gasteiger partial charge >= 0.3 is 0 Å². The second-order valence-electron chi connectivity index (χ2n) is 5.14. The van der Waals surface area contributed by atoms with Crippen molar-refractivity contribution in [2.45, 2.75) is 19.4 Å². The zero-order chi connectivity index (χ0) is 14.9. The Morgan fingerprint density at radius 1 is 1.48 bits per heavy atom. The number of amides is 1. The standard InChI is InChI=1S/C13H16ClN3O3.ClH/c1-8-7-16(3-2-12(8)15)13(18)9-4-10(14)6-11(5-9)17(19)20;/h4-6,8,12H,2-3,7,15H2,1H3;1H. The first kappa shape index (κ1) is 17.7. The van der Waals surface area contributed by atoms with Gasteiger partial charge in [0, 0.05) is 41.9 Å². The SMILES string of the molecule is CC1CN(C(=O)c2cc(Cl)cc([N+](=O)[O-])c2)CCC1N.Cl. The van der Waals surface area contributed by atoms with Crippen molar-refractivity contribution >= 4 is 35.6 Å². The molecule has 21 heavy (non-hydrogen) atoms. The van der Waals surface area contributed by atoms with Crippen LogP contribution in [-0.4, -0.2) is 34.9 Å². The second kappa shape index (κ2) is 7.06. The van der Waals surface area contributed by atoms with Crippen LogP contribution >= 0.6 is 24.0 Å². The summed E-state index contributed by atoms with van der Waals surface area (Å²) in [5.74, 6) is -0.0313. The van der Waals surface area contributed by atoms with Crippen molar-refractivity contribution in [1.29, 1.82) is 0 Å². The van der Waals surface area contributed by atoms with Crippen molar-refractivity contribution in [1.82, 2.24) is 4.90 Å². The van der Waals surface area contributed by atoms with E-state index in [9.17, 15) is 14.9 Å². The molecule has 116 valence electrons. The molecular weight excluding hydrogens is 317 g/mol. The number of halogens is 2. The van der Waals surface area contributed by atoms with E-state index < -0.39 is 4.92 Å². The van der Waals surface area contributed by atoms with Crippen molar-refractivity contribution in [3.05, 3.63) is 38.9 Å². The maximum Gasteiger partial charge on any atom is 0.271 e. The first-order chi connectivity index (χ1) is 9.38. The lowest BCUT2D eigenvalue weighted by Gasteiger charge is -2.35. The van der Waals surface area contributed by atoms with Gasteiger partial charge in [-0.05, 0) is 18.4 Å². The molecule has 2 unspecified atom stereocenters. The Labute approximate surface area is 133 Å². The van der Waals surface area contributed by atoms with Crippen LogP contribution in [0.2, 0.25) is 5.02 Å². The van der Waals surface area contributed by atoms with E-state index in [1.54, 1.807) is 4.90 Å². The molecule has 1 aliphatic heterocycles. The largest absolute Gasteiger partial charge is 0.338 e. The molecule has 1 fully saturated rings. The molecular formula is C13H17Cl2N3O3. The first-order valence-electron chi connectivity index (χ1n) is 6.38. The Bertz CT molecular complexity index is 553. The number of nitro benzene ring substituents is 1. The summed E-state index contributed by atoms with van der Waals surface area (Å²) < 4.78 is 0. The van der Waals surface area contributed by atoms with E-state index in [-0.39, 0.29) is 46.5 Å². The molecule has 0 saturated carbocycles. The van der Waals surface area contributed by atoms with Crippen LogP contribution in [0.3, 0.4) is 0 Å². The average Bonchev–Trinajstić information content (AvgIpc) is 2.40. The number of likely N-dealkylation sites (tertiary alicyclic amines) is 1. The van der Waals surface area contributed by atoms with Crippen molar-refractivity contribution < 1.29 is 9.72 Å². The van der Waals surface area contributed by atoms with Crippen molar-refractivity contribution in [2.24, 2.45) is 11.7 Å². The number of carbonyl (C=O) groups excluding carboxylic acids is 1. The molecule has 1 saturated heterocycles. The van der Waals surface area contributed by atoms with Gasteiger partial charge in [-0.3, -0.25) is 14.9 Å². The molecule has 1 amide bonds. The predicted molar refractivity (Wildman–Crippen MR) is 83.0 cm³/mol. The van der Waals surface area contributed by atoms with Gasteiger partial charge in [0.15, 0.2) is 0 Å². The minimum absolute atomic E-state index is 0. The third kappa shape index (κ3) is 4.06. The summed E-state index contributed by atoms with van der Waals surface area (Å²) in [6, 6.07) is 4.03. The van der Waals surface area contributed by atoms with Crippen LogP contribution in [0.1, 0.15) is 23.7 Å². The number of benzene rings is 1. The lowest BCUT2D eigenvalue weighted by atomic mass is 9.94. The highest BCUT2D eigenvalue weighted by atomic mass is 35.5. The van der Waals surface area contributed by atoms with Crippen LogP contribution in [-0.2, 0) is 0 Å². The number of rotatable bonds is 2. The van der Waals surface area contributed by atoms with E-state index in [4.69, 9.17) is 17.3 Å². The smallest absolute Gasteiger partial charge is 0.271 e. The van der Waals surface area contributed by atoms with Gasteiger partial charge in [0.05, 0.1) is 4.92 Å². The zero-order valence-electron chi connectivity index (χ0n) is 11.5. The molecule has 0 aromatic heterocycles. The van der Waals surface area contributed by atoms with Gasteiger partial charge in [0.25, 0.3) is 11.6 Å². The highest BCUT2D eigenvalue weighted by Gasteiger charge is 2.27. The number of non-ortho nitro benzene ring substituents is 1. The van der Waals surface area contributed by atoms with Gasteiger partial charge in [-0.25, -0.2) is 0 Å². The normalized spacial score (nSPS) is 21.6. The average molecular weight is 334 g/mol. The van der Waals surface area contributed by atoms with Crippen LogP contribution in [0.15, 0.2) is 18.2 Å². The summed E-state index contributed by atoms with van der Waals surface area (Å²) in [6.07, 6.45) is 0.732. The molecule has 1 aliphatic rings. The minimum atomic E-state index is -0.558. The number of hydrogen-bond donors (Lipinski definition) is 1. The van der Waals surface area contributed by atoms with Gasteiger partial charge in [-0.2, -0.15) is 0 Å². The molecule has 0 radical (unpaired) electrons. The monoisotopic (exact) mass is 333 g/mol. The lowest BCUT2D eigenvalue weighted by molar-refractivity contribution is -0.384. The summed E-state index contributed by atoms with van der Waals surface area (Å²) in [7, 11) is 0. The Morgan fingerprint density at radius 2 is 2.14 bits per heavy atom. The second-order valence-corrected chi connectivity index (χ2v) is 5.57. The van der Waals surface area contributed by atoms with Crippen LogP contribution in [0, 0.1) is 16.0 Å². The summed E-state index contributed by atoms with van der Waals surface area (Å²) in [4.78, 5) is 24.3. The molecule has 0 aliphatic carbocycles. The molecule has 0 spiro atoms. The lowest BCUT2D eigenvalue weighted by Crippen LogP contribution is -2.48. The van der Waals surface area contributed by atoms with E-state index in [2.05, 4.69) is 0 Å². The zero-order valence-corrected chi connectivity index (χ0v) is 13.1. The summed E-state index contributed by atoms with van der Waals surface area (Å²) in [5.41, 5.74) is 5.98. The number of hydrogen-bond acceptors (Lipinski definition) is 4. The topological polar surface area (TPSA) is 89.5 Å². The van der Waals surface area contributed by atoms with Crippen LogP contribution in [0.5, 0.6) is 0 Å². The molecule has 2 N–H and O–H groups in total. The molecule has 0 bridgehead atoms. The van der Waals surface area contributed by atoms with E-state index in [1.807, 2.05) is 6.92 Å². The molecule has 2 rings (SSSR count). The fourth-order valence-corrected chi connectivity index (χ4v) is 2.56. The number of nitrogens with zero attached hydrogens (tertiary/aromatic N) is 2. The quantitative estimate of drug-likeness (QED) is 0.665. The van der Waals surface area contributed by atoms with Crippen molar-refractivity contribution in [3.8, 4) is 0 Å². The molecule has 2 atom stereocenters. The Morgan fingerprint density at radius 3 is 2.71 bits per heavy atom. The van der Waals surface area contributed by atoms with Gasteiger partial charge in [-0.1, -0.05) is 18.5 Å². The predicted octanol–water partition coefficient (Wildman–Crippen LogP) is 2.48. The number of nitro groups is 1. The van der Waals surface area contributed by atoms with Crippen molar-refractivity contribution in [2.75, 3.05) is 13.1 Å². The van der Waals surface area contributed by atoms with E-state index >= 15 is 0 Å². The highest BCUT2D eigenvalue weighted by Crippen LogP contribution is 2.23. The maximum atomic E-state index is 12.4. The van der Waals surface area contributed by atoms with Gasteiger partial charge in [0.1, 0.15) is 0 Å². The molecule has 1 aromatic rings. The Balaban J connectivity index is 0.00000220. The third-order valence-corrected chi connectivity index (χ3v) is 3.82. The molecule has 1 aromatic carbocycles. The molecule has 6 nitrogen and oxygen atoms in total. The number of nitrogens with two attached hydrogens (primary N) is 1. The van der Waals surface area contributed by atoms with Gasteiger partial charge in [-0.15, -0.1) is 12.4 Å². The maximum absolute atomic E-state index is 12.4. The van der Waals surface area contributed by atoms with Gasteiger partial charge < -0.3 is 10.6 Å². The van der Waals surface area contributed by atoms with Crippen LogP contribution in [0.25, 0.3) is 0 Å². The van der Waals surface area contributed by atoms with Crippen LogP contribution in [0.4, 0.5) is 5.69 Å². The third-order valence-electron chi connectivity index (χ3n) is 3.60. The van der Waals surface area contributed by atoms with Gasteiger partial charge in [0.2, 0.25) is 0 Å². The van der Waals surface area contributed by atoms with E-state index in [0.29, 0.717) is 13.1 Å². The fourth-order valence-electron chi connectivity index (χ4n) is 2.33. The fraction of sp³-hybridized carbons (Fsp3) is 0.462. The van der Waals surface area contributed by atoms with E-state index in [0.717, 1.165) is 6.42 Å². The number of piperidine rings is 1. The Hall–Kier alpha value is -1.37. The molecule has 1 heterocycles. The highest BCUT2D eigenvalue weighted by molar-refractivity contribution is 6.31. The molecule has 8 heteroatoms. The Kier molecular flexibility index (Phi) is 5.95. The first-order valence-corrected chi connectivity index (χ1v) is 6.76. The summed E-state index contributed by atoms with van der Waals surface area (Å²) >= 11 is 5.83. The summed E-state index contributed by atoms with van der Waals surface area (Å²) in [5, 5.41) is 11.0. The van der Waals surface area contributed by atoms with Crippen molar-refractivity contribution in [3.63, 3.8) is 0 Å². The number of carbonyl (C=O) groups is 1. The minimum Gasteiger partial charge on any atom is -0.338 e. The van der Waals surface area contributed by atoms with E-state index in [1.165, 1.54) is 18.2 Å². The summed E-state index contributed by atoms with van der Waals surface area (Å²) in [6.45, 7) is 3.11. The van der Waals surface area contributed by atoms with Crippen LogP contribution < -0.4 is 5.73 Å².